The molecule has 4 nitrogen and oxygen atoms in total. The number of H-pyrrole nitrogens is 1. The highest BCUT2D eigenvalue weighted by atomic mass is 35.5. The lowest BCUT2D eigenvalue weighted by atomic mass is 10.2. The van der Waals surface area contributed by atoms with Crippen LogP contribution < -0.4 is 5.32 Å². The van der Waals surface area contributed by atoms with E-state index in [4.69, 9.17) is 11.6 Å². The molecule has 0 spiro atoms. The third kappa shape index (κ3) is 2.80. The van der Waals surface area contributed by atoms with Crippen molar-refractivity contribution >= 4 is 28.5 Å². The topological polar surface area (TPSA) is 57.8 Å². The predicted octanol–water partition coefficient (Wildman–Crippen LogP) is 3.85. The van der Waals surface area contributed by atoms with E-state index >= 15 is 0 Å². The van der Waals surface area contributed by atoms with E-state index in [-0.39, 0.29) is 5.56 Å². The molecule has 0 aliphatic heterocycles. The first kappa shape index (κ1) is 14.5. The lowest BCUT2D eigenvalue weighted by Gasteiger charge is -2.12. The Bertz CT molecular complexity index is 813. The third-order valence-electron chi connectivity index (χ3n) is 3.34. The van der Waals surface area contributed by atoms with Crippen molar-refractivity contribution in [1.29, 1.82) is 0 Å². The van der Waals surface area contributed by atoms with Crippen LogP contribution in [-0.4, -0.2) is 15.9 Å². The van der Waals surface area contributed by atoms with E-state index in [0.29, 0.717) is 10.8 Å². The first-order chi connectivity index (χ1) is 10.5. The van der Waals surface area contributed by atoms with Crippen LogP contribution in [0, 0.1) is 5.82 Å². The maximum Gasteiger partial charge on any atom is 0.254 e. The molecule has 0 unspecified atom stereocenters. The van der Waals surface area contributed by atoms with E-state index in [2.05, 4.69) is 15.3 Å². The molecule has 0 aliphatic rings. The van der Waals surface area contributed by atoms with E-state index in [9.17, 15) is 9.18 Å². The van der Waals surface area contributed by atoms with E-state index < -0.39 is 17.8 Å². The molecular formula is C16H13ClFN3O. The fourth-order valence-corrected chi connectivity index (χ4v) is 2.36. The van der Waals surface area contributed by atoms with Crippen molar-refractivity contribution in [2.24, 2.45) is 0 Å². The van der Waals surface area contributed by atoms with Gasteiger partial charge < -0.3 is 10.3 Å². The van der Waals surface area contributed by atoms with Crippen molar-refractivity contribution in [3.63, 3.8) is 0 Å². The van der Waals surface area contributed by atoms with Crippen LogP contribution in [0.2, 0.25) is 5.02 Å². The number of hydrogen-bond donors (Lipinski definition) is 2. The molecule has 0 saturated carbocycles. The highest BCUT2D eigenvalue weighted by Crippen LogP contribution is 2.18. The Morgan fingerprint density at radius 1 is 1.32 bits per heavy atom. The predicted molar refractivity (Wildman–Crippen MR) is 83.4 cm³/mol. The summed E-state index contributed by atoms with van der Waals surface area (Å²) in [7, 11) is 0. The van der Waals surface area contributed by atoms with E-state index in [1.165, 1.54) is 18.2 Å². The highest BCUT2D eigenvalue weighted by molar-refractivity contribution is 6.31. The number of fused-ring (bicyclic) bond motifs is 1. The summed E-state index contributed by atoms with van der Waals surface area (Å²) in [5.41, 5.74) is 1.61. The Morgan fingerprint density at radius 3 is 2.86 bits per heavy atom. The summed E-state index contributed by atoms with van der Waals surface area (Å²) in [5.74, 6) is -0.538. The van der Waals surface area contributed by atoms with Gasteiger partial charge in [0.05, 0.1) is 22.6 Å². The zero-order valence-electron chi connectivity index (χ0n) is 11.7. The number of aromatic amines is 1. The average Bonchev–Trinajstić information content (AvgIpc) is 2.93. The molecule has 6 heteroatoms. The van der Waals surface area contributed by atoms with Gasteiger partial charge in [0.25, 0.3) is 5.91 Å². The summed E-state index contributed by atoms with van der Waals surface area (Å²) in [6, 6.07) is 11.0. The summed E-state index contributed by atoms with van der Waals surface area (Å²) in [4.78, 5) is 19.7. The molecular weight excluding hydrogens is 305 g/mol. The molecule has 0 fully saturated rings. The van der Waals surface area contributed by atoms with Gasteiger partial charge in [0.15, 0.2) is 0 Å². The van der Waals surface area contributed by atoms with Crippen LogP contribution in [0.3, 0.4) is 0 Å². The van der Waals surface area contributed by atoms with Gasteiger partial charge in [-0.2, -0.15) is 0 Å². The van der Waals surface area contributed by atoms with Crippen LogP contribution in [0.4, 0.5) is 4.39 Å². The second kappa shape index (κ2) is 5.77. The fourth-order valence-electron chi connectivity index (χ4n) is 2.19. The Kier molecular flexibility index (Phi) is 3.81. The van der Waals surface area contributed by atoms with Gasteiger partial charge >= 0.3 is 0 Å². The van der Waals surface area contributed by atoms with Gasteiger partial charge in [-0.25, -0.2) is 9.37 Å². The number of carbonyl (C=O) groups is 1. The van der Waals surface area contributed by atoms with Crippen LogP contribution in [0.1, 0.15) is 29.1 Å². The molecule has 0 saturated heterocycles. The van der Waals surface area contributed by atoms with E-state index in [0.717, 1.165) is 11.0 Å². The van der Waals surface area contributed by atoms with Gasteiger partial charge in [-0.05, 0) is 37.3 Å². The molecule has 1 atom stereocenters. The average molecular weight is 318 g/mol. The van der Waals surface area contributed by atoms with Crippen molar-refractivity contribution in [3.8, 4) is 0 Å². The highest BCUT2D eigenvalue weighted by Gasteiger charge is 2.17. The second-order valence-corrected chi connectivity index (χ2v) is 5.39. The summed E-state index contributed by atoms with van der Waals surface area (Å²) in [6.07, 6.45) is 0. The lowest BCUT2D eigenvalue weighted by Crippen LogP contribution is -2.28. The minimum absolute atomic E-state index is 0.0875. The summed E-state index contributed by atoms with van der Waals surface area (Å²) >= 11 is 5.80. The number of rotatable bonds is 3. The Balaban J connectivity index is 1.82. The Morgan fingerprint density at radius 2 is 2.09 bits per heavy atom. The number of imidazole rings is 1. The molecule has 0 aliphatic carbocycles. The zero-order chi connectivity index (χ0) is 15.7. The smallest absolute Gasteiger partial charge is 0.254 e. The summed E-state index contributed by atoms with van der Waals surface area (Å²) in [5, 5.41) is 3.02. The fraction of sp³-hybridized carbons (Fsp3) is 0.125. The van der Waals surface area contributed by atoms with Crippen LogP contribution in [0.15, 0.2) is 42.5 Å². The van der Waals surface area contributed by atoms with E-state index in [1.54, 1.807) is 6.92 Å². The quantitative estimate of drug-likeness (QED) is 0.771. The standard InChI is InChI=1S/C16H13ClFN3O/c1-9(15-20-13-4-2-3-5-14(13)21-15)19-16(22)11-8-10(17)6-7-12(11)18/h2-9H,1H3,(H,19,22)(H,20,21)/t9-/m1/s1. The van der Waals surface area contributed by atoms with Gasteiger partial charge in [-0.3, -0.25) is 4.79 Å². The van der Waals surface area contributed by atoms with Crippen LogP contribution >= 0.6 is 11.6 Å². The molecule has 0 radical (unpaired) electrons. The molecule has 0 bridgehead atoms. The molecule has 22 heavy (non-hydrogen) atoms. The molecule has 2 N–H and O–H groups in total. The maximum atomic E-state index is 13.7. The van der Waals surface area contributed by atoms with Gasteiger partial charge in [0, 0.05) is 5.02 Å². The van der Waals surface area contributed by atoms with Gasteiger partial charge in [0.1, 0.15) is 11.6 Å². The molecule has 1 heterocycles. The Hall–Kier alpha value is -2.40. The van der Waals surface area contributed by atoms with Crippen molar-refractivity contribution in [1.82, 2.24) is 15.3 Å². The van der Waals surface area contributed by atoms with Crippen molar-refractivity contribution < 1.29 is 9.18 Å². The second-order valence-electron chi connectivity index (χ2n) is 4.96. The first-order valence-corrected chi connectivity index (χ1v) is 7.13. The Labute approximate surface area is 131 Å². The van der Waals surface area contributed by atoms with Gasteiger partial charge in [0.2, 0.25) is 0 Å². The van der Waals surface area contributed by atoms with Crippen LogP contribution in [0.5, 0.6) is 0 Å². The SMILES string of the molecule is C[C@@H](NC(=O)c1cc(Cl)ccc1F)c1nc2ccccc2[nH]1. The molecule has 3 aromatic rings. The van der Waals surface area contributed by atoms with E-state index in [1.807, 2.05) is 24.3 Å². The van der Waals surface area contributed by atoms with Gasteiger partial charge in [-0.1, -0.05) is 23.7 Å². The lowest BCUT2D eigenvalue weighted by molar-refractivity contribution is 0.0934. The number of benzene rings is 2. The molecule has 1 amide bonds. The summed E-state index contributed by atoms with van der Waals surface area (Å²) in [6.45, 7) is 1.78. The third-order valence-corrected chi connectivity index (χ3v) is 3.57. The number of carbonyl (C=O) groups excluding carboxylic acids is 1. The molecule has 112 valence electrons. The minimum Gasteiger partial charge on any atom is -0.342 e. The van der Waals surface area contributed by atoms with Gasteiger partial charge in [-0.15, -0.1) is 0 Å². The number of nitrogens with zero attached hydrogens (tertiary/aromatic N) is 1. The normalized spacial score (nSPS) is 12.3. The number of para-hydroxylation sites is 2. The summed E-state index contributed by atoms with van der Waals surface area (Å²) < 4.78 is 13.7. The number of hydrogen-bond acceptors (Lipinski definition) is 2. The number of amides is 1. The number of nitrogens with one attached hydrogen (secondary N) is 2. The molecule has 3 rings (SSSR count). The number of aromatic nitrogens is 2. The zero-order valence-corrected chi connectivity index (χ0v) is 12.5. The minimum atomic E-state index is -0.612. The molecule has 1 aromatic heterocycles. The van der Waals surface area contributed by atoms with Crippen molar-refractivity contribution in [2.75, 3.05) is 0 Å². The van der Waals surface area contributed by atoms with Crippen LogP contribution in [-0.2, 0) is 0 Å². The first-order valence-electron chi connectivity index (χ1n) is 6.75. The van der Waals surface area contributed by atoms with Crippen molar-refractivity contribution in [3.05, 3.63) is 64.7 Å². The molecule has 2 aromatic carbocycles. The largest absolute Gasteiger partial charge is 0.342 e. The monoisotopic (exact) mass is 317 g/mol. The van der Waals surface area contributed by atoms with Crippen LogP contribution in [0.25, 0.3) is 11.0 Å². The number of halogens is 2. The van der Waals surface area contributed by atoms with Crippen molar-refractivity contribution in [2.45, 2.75) is 13.0 Å². The maximum absolute atomic E-state index is 13.7.